The standard InChI is InChI=1S/C18H21NO3/c1-19(13-16(20)11-14-7-4-3-5-8-14)18(21)15-9-6-10-17(12-15)22-2/h3-10,12,16,20H,11,13H2,1-2H3/t16-/m0/s1. The van der Waals surface area contributed by atoms with Gasteiger partial charge in [0.05, 0.1) is 13.2 Å². The number of ether oxygens (including phenoxy) is 1. The van der Waals surface area contributed by atoms with Gasteiger partial charge in [-0.2, -0.15) is 0 Å². The van der Waals surface area contributed by atoms with Crippen molar-refractivity contribution >= 4 is 5.91 Å². The van der Waals surface area contributed by atoms with Crippen molar-refractivity contribution in [1.82, 2.24) is 4.90 Å². The Labute approximate surface area is 131 Å². The first kappa shape index (κ1) is 16.0. The van der Waals surface area contributed by atoms with Gasteiger partial charge in [-0.3, -0.25) is 4.79 Å². The number of aliphatic hydroxyl groups excluding tert-OH is 1. The topological polar surface area (TPSA) is 49.8 Å². The molecular formula is C18H21NO3. The number of amides is 1. The molecule has 0 aliphatic heterocycles. The molecule has 0 saturated heterocycles. The highest BCUT2D eigenvalue weighted by Crippen LogP contribution is 2.14. The Morgan fingerprint density at radius 1 is 1.18 bits per heavy atom. The lowest BCUT2D eigenvalue weighted by molar-refractivity contribution is 0.0681. The monoisotopic (exact) mass is 299 g/mol. The second-order valence-electron chi connectivity index (χ2n) is 5.26. The first-order valence-corrected chi connectivity index (χ1v) is 7.21. The van der Waals surface area contributed by atoms with E-state index in [9.17, 15) is 9.90 Å². The molecule has 1 amide bonds. The Morgan fingerprint density at radius 3 is 2.59 bits per heavy atom. The van der Waals surface area contributed by atoms with Crippen LogP contribution in [0.25, 0.3) is 0 Å². The molecule has 0 bridgehead atoms. The van der Waals surface area contributed by atoms with Crippen LogP contribution in [0.4, 0.5) is 0 Å². The van der Waals surface area contributed by atoms with E-state index in [4.69, 9.17) is 4.74 Å². The normalized spacial score (nSPS) is 11.8. The molecule has 0 aromatic heterocycles. The minimum atomic E-state index is -0.595. The third kappa shape index (κ3) is 4.33. The number of carbonyl (C=O) groups excluding carboxylic acids is 1. The van der Waals surface area contributed by atoms with Crippen LogP contribution >= 0.6 is 0 Å². The molecule has 0 fully saturated rings. The van der Waals surface area contributed by atoms with Crippen molar-refractivity contribution in [3.63, 3.8) is 0 Å². The van der Waals surface area contributed by atoms with E-state index in [-0.39, 0.29) is 12.5 Å². The molecular weight excluding hydrogens is 278 g/mol. The SMILES string of the molecule is COc1cccc(C(=O)N(C)C[C@@H](O)Cc2ccccc2)c1. The molecule has 22 heavy (non-hydrogen) atoms. The maximum absolute atomic E-state index is 12.4. The fraction of sp³-hybridized carbons (Fsp3) is 0.278. The Hall–Kier alpha value is -2.33. The molecule has 0 aliphatic rings. The first-order chi connectivity index (χ1) is 10.6. The molecule has 4 nitrogen and oxygen atoms in total. The van der Waals surface area contributed by atoms with E-state index in [1.54, 1.807) is 38.4 Å². The minimum Gasteiger partial charge on any atom is -0.497 e. The summed E-state index contributed by atoms with van der Waals surface area (Å²) < 4.78 is 5.12. The Balaban J connectivity index is 1.95. The van der Waals surface area contributed by atoms with Crippen LogP contribution in [0.2, 0.25) is 0 Å². The zero-order valence-electron chi connectivity index (χ0n) is 12.9. The van der Waals surface area contributed by atoms with Gasteiger partial charge in [-0.15, -0.1) is 0 Å². The number of carbonyl (C=O) groups is 1. The molecule has 0 aliphatic carbocycles. The zero-order valence-corrected chi connectivity index (χ0v) is 12.9. The summed E-state index contributed by atoms with van der Waals surface area (Å²) in [6, 6.07) is 16.8. The number of hydrogen-bond acceptors (Lipinski definition) is 3. The van der Waals surface area contributed by atoms with Gasteiger partial charge in [-0.05, 0) is 23.8 Å². The molecule has 0 saturated carbocycles. The van der Waals surface area contributed by atoms with Gasteiger partial charge in [0.1, 0.15) is 5.75 Å². The number of aliphatic hydroxyl groups is 1. The lowest BCUT2D eigenvalue weighted by Crippen LogP contribution is -2.35. The van der Waals surface area contributed by atoms with Crippen LogP contribution in [0.5, 0.6) is 5.75 Å². The van der Waals surface area contributed by atoms with Crippen LogP contribution in [0, 0.1) is 0 Å². The second kappa shape index (κ2) is 7.61. The van der Waals surface area contributed by atoms with Crippen LogP contribution in [-0.2, 0) is 6.42 Å². The number of nitrogens with zero attached hydrogens (tertiary/aromatic N) is 1. The van der Waals surface area contributed by atoms with E-state index < -0.39 is 6.10 Å². The molecule has 0 spiro atoms. The van der Waals surface area contributed by atoms with Crippen molar-refractivity contribution in [2.75, 3.05) is 20.7 Å². The summed E-state index contributed by atoms with van der Waals surface area (Å²) in [5.41, 5.74) is 1.60. The fourth-order valence-corrected chi connectivity index (χ4v) is 2.33. The average molecular weight is 299 g/mol. The highest BCUT2D eigenvalue weighted by atomic mass is 16.5. The van der Waals surface area contributed by atoms with Crippen LogP contribution in [0.1, 0.15) is 15.9 Å². The fourth-order valence-electron chi connectivity index (χ4n) is 2.33. The molecule has 116 valence electrons. The minimum absolute atomic E-state index is 0.133. The molecule has 0 heterocycles. The van der Waals surface area contributed by atoms with E-state index in [0.717, 1.165) is 5.56 Å². The summed E-state index contributed by atoms with van der Waals surface area (Å²) in [6.45, 7) is 0.283. The van der Waals surface area contributed by atoms with Crippen LogP contribution in [0.15, 0.2) is 54.6 Å². The smallest absolute Gasteiger partial charge is 0.253 e. The summed E-state index contributed by atoms with van der Waals surface area (Å²) in [5.74, 6) is 0.509. The van der Waals surface area contributed by atoms with Crippen molar-refractivity contribution in [3.8, 4) is 5.75 Å². The van der Waals surface area contributed by atoms with Crippen LogP contribution in [-0.4, -0.2) is 42.7 Å². The Bertz CT molecular complexity index is 613. The Kier molecular flexibility index (Phi) is 5.55. The number of benzene rings is 2. The third-order valence-corrected chi connectivity index (χ3v) is 3.46. The predicted octanol–water partition coefficient (Wildman–Crippen LogP) is 2.37. The van der Waals surface area contributed by atoms with Gasteiger partial charge in [0.2, 0.25) is 0 Å². The molecule has 2 rings (SSSR count). The lowest BCUT2D eigenvalue weighted by Gasteiger charge is -2.21. The van der Waals surface area contributed by atoms with Gasteiger partial charge in [0.15, 0.2) is 0 Å². The maximum Gasteiger partial charge on any atom is 0.253 e. The first-order valence-electron chi connectivity index (χ1n) is 7.21. The Morgan fingerprint density at radius 2 is 1.91 bits per heavy atom. The van der Waals surface area contributed by atoms with E-state index in [1.807, 2.05) is 30.3 Å². The summed E-state index contributed by atoms with van der Waals surface area (Å²) in [6.07, 6.45) is -0.0710. The maximum atomic E-state index is 12.4. The van der Waals surface area contributed by atoms with E-state index in [1.165, 1.54) is 4.90 Å². The van der Waals surface area contributed by atoms with Crippen LogP contribution < -0.4 is 4.74 Å². The lowest BCUT2D eigenvalue weighted by atomic mass is 10.1. The molecule has 1 N–H and O–H groups in total. The van der Waals surface area contributed by atoms with Gasteiger partial charge in [0, 0.05) is 25.6 Å². The number of methoxy groups -OCH3 is 1. The van der Waals surface area contributed by atoms with Crippen LogP contribution in [0.3, 0.4) is 0 Å². The van der Waals surface area contributed by atoms with Gasteiger partial charge in [-0.25, -0.2) is 0 Å². The molecule has 1 atom stereocenters. The third-order valence-electron chi connectivity index (χ3n) is 3.46. The number of rotatable bonds is 6. The van der Waals surface area contributed by atoms with Crippen molar-refractivity contribution in [2.24, 2.45) is 0 Å². The molecule has 0 radical (unpaired) electrons. The van der Waals surface area contributed by atoms with E-state index >= 15 is 0 Å². The van der Waals surface area contributed by atoms with Gasteiger partial charge >= 0.3 is 0 Å². The largest absolute Gasteiger partial charge is 0.497 e. The quantitative estimate of drug-likeness (QED) is 0.891. The molecule has 2 aromatic carbocycles. The van der Waals surface area contributed by atoms with Crippen molar-refractivity contribution in [3.05, 3.63) is 65.7 Å². The van der Waals surface area contributed by atoms with Crippen molar-refractivity contribution in [2.45, 2.75) is 12.5 Å². The summed E-state index contributed by atoms with van der Waals surface area (Å²) in [7, 11) is 3.26. The molecule has 2 aromatic rings. The highest BCUT2D eigenvalue weighted by Gasteiger charge is 2.16. The predicted molar refractivity (Wildman–Crippen MR) is 86.1 cm³/mol. The number of hydrogen-bond donors (Lipinski definition) is 1. The zero-order chi connectivity index (χ0) is 15.9. The highest BCUT2D eigenvalue weighted by molar-refractivity contribution is 5.94. The van der Waals surface area contributed by atoms with E-state index in [2.05, 4.69) is 0 Å². The summed E-state index contributed by atoms with van der Waals surface area (Å²) in [5, 5.41) is 10.2. The van der Waals surface area contributed by atoms with Crippen molar-refractivity contribution < 1.29 is 14.6 Å². The molecule has 4 heteroatoms. The average Bonchev–Trinajstić information content (AvgIpc) is 2.55. The number of likely N-dealkylation sites (N-methyl/N-ethyl adjacent to an activating group) is 1. The van der Waals surface area contributed by atoms with E-state index in [0.29, 0.717) is 17.7 Å². The summed E-state index contributed by atoms with van der Waals surface area (Å²) >= 11 is 0. The van der Waals surface area contributed by atoms with Gasteiger partial charge < -0.3 is 14.7 Å². The molecule has 0 unspecified atom stereocenters. The van der Waals surface area contributed by atoms with Crippen molar-refractivity contribution in [1.29, 1.82) is 0 Å². The van der Waals surface area contributed by atoms with Gasteiger partial charge in [0.25, 0.3) is 5.91 Å². The second-order valence-corrected chi connectivity index (χ2v) is 5.26. The summed E-state index contributed by atoms with van der Waals surface area (Å²) in [4.78, 5) is 13.9. The van der Waals surface area contributed by atoms with Gasteiger partial charge in [-0.1, -0.05) is 36.4 Å².